The Bertz CT molecular complexity index is 432. The Labute approximate surface area is 108 Å². The van der Waals surface area contributed by atoms with Crippen molar-refractivity contribution in [2.45, 2.75) is 6.10 Å². The highest BCUT2D eigenvalue weighted by molar-refractivity contribution is 5.94. The van der Waals surface area contributed by atoms with Crippen molar-refractivity contribution in [2.75, 3.05) is 27.2 Å². The zero-order valence-electron chi connectivity index (χ0n) is 10.7. The van der Waals surface area contributed by atoms with Gasteiger partial charge in [0.2, 0.25) is 0 Å². The van der Waals surface area contributed by atoms with Crippen molar-refractivity contribution in [2.24, 2.45) is 0 Å². The number of amides is 1. The Balaban J connectivity index is 2.47. The number of benzene rings is 1. The third-order valence-electron chi connectivity index (χ3n) is 2.39. The Morgan fingerprint density at radius 1 is 1.44 bits per heavy atom. The lowest BCUT2D eigenvalue weighted by Gasteiger charge is -2.16. The number of hydrogen-bond acceptors (Lipinski definition) is 3. The maximum absolute atomic E-state index is 11.7. The molecule has 0 aromatic heterocycles. The molecule has 2 N–H and O–H groups in total. The number of nitrogens with one attached hydrogen (secondary N) is 1. The largest absolute Gasteiger partial charge is 0.390 e. The first-order chi connectivity index (χ1) is 8.52. The predicted molar refractivity (Wildman–Crippen MR) is 71.3 cm³/mol. The first-order valence-electron chi connectivity index (χ1n) is 5.70. The number of nitrogens with zero attached hydrogens (tertiary/aromatic N) is 1. The average Bonchev–Trinajstić information content (AvgIpc) is 2.35. The van der Waals surface area contributed by atoms with Crippen LogP contribution in [-0.2, 0) is 0 Å². The van der Waals surface area contributed by atoms with Crippen LogP contribution in [0.4, 0.5) is 0 Å². The quantitative estimate of drug-likeness (QED) is 0.736. The minimum absolute atomic E-state index is 0.212. The third kappa shape index (κ3) is 4.58. The summed E-state index contributed by atoms with van der Waals surface area (Å²) in [5, 5.41) is 12.3. The van der Waals surface area contributed by atoms with Crippen LogP contribution in [-0.4, -0.2) is 49.2 Å². The van der Waals surface area contributed by atoms with Crippen LogP contribution < -0.4 is 5.32 Å². The highest BCUT2D eigenvalue weighted by atomic mass is 16.3. The van der Waals surface area contributed by atoms with Crippen LogP contribution in [0.1, 0.15) is 15.9 Å². The summed E-state index contributed by atoms with van der Waals surface area (Å²) in [7, 11) is 3.73. The van der Waals surface area contributed by atoms with Crippen molar-refractivity contribution in [1.29, 1.82) is 0 Å². The molecule has 4 heteroatoms. The molecule has 0 bridgehead atoms. The molecule has 18 heavy (non-hydrogen) atoms. The van der Waals surface area contributed by atoms with E-state index in [0.717, 1.165) is 5.56 Å². The number of rotatable bonds is 5. The Morgan fingerprint density at radius 2 is 2.06 bits per heavy atom. The van der Waals surface area contributed by atoms with Crippen LogP contribution in [0.25, 0.3) is 0 Å². The molecule has 1 aromatic rings. The van der Waals surface area contributed by atoms with Crippen LogP contribution >= 0.6 is 0 Å². The predicted octanol–water partition coefficient (Wildman–Crippen LogP) is 0.320. The van der Waals surface area contributed by atoms with Crippen LogP contribution in [0, 0.1) is 12.3 Å². The second kappa shape index (κ2) is 6.80. The van der Waals surface area contributed by atoms with E-state index in [2.05, 4.69) is 11.2 Å². The minimum Gasteiger partial charge on any atom is -0.390 e. The molecule has 0 aliphatic carbocycles. The molecular formula is C14H18N2O2. The second-order valence-electron chi connectivity index (χ2n) is 4.35. The van der Waals surface area contributed by atoms with Crippen LogP contribution in [0.3, 0.4) is 0 Å². The van der Waals surface area contributed by atoms with E-state index in [9.17, 15) is 9.90 Å². The Kier molecular flexibility index (Phi) is 5.37. The first-order valence-corrected chi connectivity index (χ1v) is 5.70. The molecule has 1 unspecified atom stereocenters. The average molecular weight is 246 g/mol. The van der Waals surface area contributed by atoms with E-state index < -0.39 is 6.10 Å². The monoisotopic (exact) mass is 246 g/mol. The molecule has 0 heterocycles. The van der Waals surface area contributed by atoms with Crippen LogP contribution in [0.5, 0.6) is 0 Å². The molecule has 96 valence electrons. The van der Waals surface area contributed by atoms with Crippen molar-refractivity contribution < 1.29 is 9.90 Å². The lowest BCUT2D eigenvalue weighted by molar-refractivity contribution is 0.0892. The Hall–Kier alpha value is -1.83. The number of hydrogen-bond donors (Lipinski definition) is 2. The molecule has 4 nitrogen and oxygen atoms in total. The van der Waals surface area contributed by atoms with Gasteiger partial charge >= 0.3 is 0 Å². The standard InChI is InChI=1S/C14H18N2O2/c1-4-11-5-7-12(8-6-11)14(18)15-9-13(17)10-16(2)3/h1,5-8,13,17H,9-10H2,2-3H3,(H,15,18). The number of aliphatic hydroxyl groups excluding tert-OH is 1. The molecule has 0 spiro atoms. The van der Waals surface area contributed by atoms with Gasteiger partial charge in [0.15, 0.2) is 0 Å². The maximum atomic E-state index is 11.7. The van der Waals surface area contributed by atoms with Crippen molar-refractivity contribution in [1.82, 2.24) is 10.2 Å². The molecular weight excluding hydrogens is 228 g/mol. The van der Waals surface area contributed by atoms with Crippen LogP contribution in [0.15, 0.2) is 24.3 Å². The fourth-order valence-corrected chi connectivity index (χ4v) is 1.52. The maximum Gasteiger partial charge on any atom is 0.251 e. The summed E-state index contributed by atoms with van der Waals surface area (Å²) in [5.41, 5.74) is 1.27. The lowest BCUT2D eigenvalue weighted by atomic mass is 10.1. The van der Waals surface area contributed by atoms with Gasteiger partial charge in [-0.05, 0) is 38.4 Å². The molecule has 0 saturated heterocycles. The van der Waals surface area contributed by atoms with Gasteiger partial charge in [0.1, 0.15) is 0 Å². The first kappa shape index (κ1) is 14.2. The van der Waals surface area contributed by atoms with Gasteiger partial charge in [-0.2, -0.15) is 0 Å². The smallest absolute Gasteiger partial charge is 0.251 e. The fourth-order valence-electron chi connectivity index (χ4n) is 1.52. The molecule has 1 rings (SSSR count). The molecule has 0 aliphatic heterocycles. The van der Waals surface area contributed by atoms with E-state index in [-0.39, 0.29) is 12.5 Å². The number of aliphatic hydroxyl groups is 1. The van der Waals surface area contributed by atoms with Crippen molar-refractivity contribution >= 4 is 5.91 Å². The summed E-state index contributed by atoms with van der Waals surface area (Å²) in [5.74, 6) is 2.28. The number of carbonyl (C=O) groups excluding carboxylic acids is 1. The van der Waals surface area contributed by atoms with Gasteiger partial charge in [0.05, 0.1) is 6.10 Å². The highest BCUT2D eigenvalue weighted by Gasteiger charge is 2.09. The minimum atomic E-state index is -0.575. The highest BCUT2D eigenvalue weighted by Crippen LogP contribution is 2.03. The van der Waals surface area contributed by atoms with Gasteiger partial charge in [-0.15, -0.1) is 6.42 Å². The van der Waals surface area contributed by atoms with E-state index >= 15 is 0 Å². The lowest BCUT2D eigenvalue weighted by Crippen LogP contribution is -2.37. The molecule has 1 aromatic carbocycles. The molecule has 0 saturated carbocycles. The zero-order valence-corrected chi connectivity index (χ0v) is 10.7. The van der Waals surface area contributed by atoms with Gasteiger partial charge in [0.25, 0.3) is 5.91 Å². The molecule has 1 atom stereocenters. The summed E-state index contributed by atoms with van der Waals surface area (Å²) in [6, 6.07) is 6.77. The summed E-state index contributed by atoms with van der Waals surface area (Å²) in [4.78, 5) is 13.6. The Morgan fingerprint density at radius 3 is 2.56 bits per heavy atom. The molecule has 0 radical (unpaired) electrons. The van der Waals surface area contributed by atoms with Gasteiger partial charge in [0, 0.05) is 24.2 Å². The van der Waals surface area contributed by atoms with Crippen LogP contribution in [0.2, 0.25) is 0 Å². The van der Waals surface area contributed by atoms with E-state index in [1.54, 1.807) is 24.3 Å². The molecule has 0 fully saturated rings. The summed E-state index contributed by atoms with van der Waals surface area (Å²) in [6.45, 7) is 0.740. The van der Waals surface area contributed by atoms with E-state index in [1.165, 1.54) is 0 Å². The molecule has 0 aliphatic rings. The second-order valence-corrected chi connectivity index (χ2v) is 4.35. The van der Waals surface area contributed by atoms with Gasteiger partial charge in [-0.25, -0.2) is 0 Å². The topological polar surface area (TPSA) is 52.6 Å². The SMILES string of the molecule is C#Cc1ccc(C(=O)NCC(O)CN(C)C)cc1. The van der Waals surface area contributed by atoms with E-state index in [4.69, 9.17) is 6.42 Å². The number of terminal acetylenes is 1. The summed E-state index contributed by atoms with van der Waals surface area (Å²) < 4.78 is 0. The summed E-state index contributed by atoms with van der Waals surface area (Å²) >= 11 is 0. The third-order valence-corrected chi connectivity index (χ3v) is 2.39. The molecule has 1 amide bonds. The van der Waals surface area contributed by atoms with Crippen molar-refractivity contribution in [3.05, 3.63) is 35.4 Å². The van der Waals surface area contributed by atoms with Crippen molar-refractivity contribution in [3.8, 4) is 12.3 Å². The number of likely N-dealkylation sites (N-methyl/N-ethyl adjacent to an activating group) is 1. The number of carbonyl (C=O) groups is 1. The van der Waals surface area contributed by atoms with E-state index in [1.807, 2.05) is 19.0 Å². The van der Waals surface area contributed by atoms with Gasteiger partial charge in [-0.1, -0.05) is 5.92 Å². The van der Waals surface area contributed by atoms with E-state index in [0.29, 0.717) is 12.1 Å². The van der Waals surface area contributed by atoms with Gasteiger partial charge in [-0.3, -0.25) is 4.79 Å². The normalized spacial score (nSPS) is 11.9. The zero-order chi connectivity index (χ0) is 13.5. The summed E-state index contributed by atoms with van der Waals surface area (Å²) in [6.07, 6.45) is 4.66. The van der Waals surface area contributed by atoms with Crippen molar-refractivity contribution in [3.63, 3.8) is 0 Å². The fraction of sp³-hybridized carbons (Fsp3) is 0.357. The van der Waals surface area contributed by atoms with Gasteiger partial charge < -0.3 is 15.3 Å².